The molecule has 1 aliphatic carbocycles. The molecule has 1 fully saturated rings. The minimum Gasteiger partial charge on any atom is -0.508 e. The summed E-state index contributed by atoms with van der Waals surface area (Å²) >= 11 is 0. The van der Waals surface area contributed by atoms with E-state index in [1.165, 1.54) is 18.2 Å². The Labute approximate surface area is 107 Å². The van der Waals surface area contributed by atoms with E-state index in [2.05, 4.69) is 5.32 Å². The van der Waals surface area contributed by atoms with Gasteiger partial charge in [0.05, 0.1) is 6.10 Å². The Morgan fingerprint density at radius 1 is 1.44 bits per heavy atom. The van der Waals surface area contributed by atoms with Crippen LogP contribution in [0.15, 0.2) is 18.2 Å². The molecule has 0 aromatic heterocycles. The molecule has 0 amide bonds. The Hall–Kier alpha value is -1.13. The normalized spacial score (nSPS) is 25.3. The molecule has 3 nitrogen and oxygen atoms in total. The number of hydrogen-bond acceptors (Lipinski definition) is 3. The van der Waals surface area contributed by atoms with Crippen LogP contribution >= 0.6 is 0 Å². The minimum absolute atomic E-state index is 0.0682. The van der Waals surface area contributed by atoms with Crippen LogP contribution in [0.4, 0.5) is 4.39 Å². The number of halogens is 1. The second-order valence-electron chi connectivity index (χ2n) is 4.96. The van der Waals surface area contributed by atoms with Crippen molar-refractivity contribution in [3.8, 4) is 5.75 Å². The molecule has 0 radical (unpaired) electrons. The minimum atomic E-state index is -0.322. The Morgan fingerprint density at radius 2 is 2.22 bits per heavy atom. The predicted molar refractivity (Wildman–Crippen MR) is 68.1 cm³/mol. The highest BCUT2D eigenvalue weighted by atomic mass is 19.1. The fraction of sp³-hybridized carbons (Fsp3) is 0.571. The average molecular weight is 253 g/mol. The molecule has 0 bridgehead atoms. The van der Waals surface area contributed by atoms with Crippen LogP contribution in [0.2, 0.25) is 0 Å². The lowest BCUT2D eigenvalue weighted by Gasteiger charge is -2.20. The van der Waals surface area contributed by atoms with Gasteiger partial charge in [-0.1, -0.05) is 0 Å². The second kappa shape index (κ2) is 5.67. The third kappa shape index (κ3) is 3.00. The van der Waals surface area contributed by atoms with Crippen LogP contribution in [0, 0.1) is 5.82 Å². The van der Waals surface area contributed by atoms with Gasteiger partial charge in [0.1, 0.15) is 11.6 Å². The number of ether oxygens (including phenoxy) is 1. The van der Waals surface area contributed by atoms with Crippen molar-refractivity contribution in [2.75, 3.05) is 7.11 Å². The van der Waals surface area contributed by atoms with Gasteiger partial charge in [0.2, 0.25) is 0 Å². The van der Waals surface area contributed by atoms with E-state index in [0.29, 0.717) is 17.7 Å². The maximum Gasteiger partial charge on any atom is 0.123 e. The SMILES string of the molecule is COC1CCC(NC(C)c2cc(F)ccc2O)C1. The summed E-state index contributed by atoms with van der Waals surface area (Å²) in [6, 6.07) is 4.35. The summed E-state index contributed by atoms with van der Waals surface area (Å²) in [6.45, 7) is 1.94. The molecule has 3 atom stereocenters. The van der Waals surface area contributed by atoms with E-state index in [0.717, 1.165) is 19.3 Å². The summed E-state index contributed by atoms with van der Waals surface area (Å²) in [7, 11) is 1.73. The van der Waals surface area contributed by atoms with Gasteiger partial charge in [-0.25, -0.2) is 4.39 Å². The van der Waals surface area contributed by atoms with Crippen molar-refractivity contribution in [2.24, 2.45) is 0 Å². The maximum absolute atomic E-state index is 13.2. The summed E-state index contributed by atoms with van der Waals surface area (Å²) in [5.74, 6) is -0.185. The highest BCUT2D eigenvalue weighted by molar-refractivity contribution is 5.34. The number of nitrogens with one attached hydrogen (secondary N) is 1. The topological polar surface area (TPSA) is 41.5 Å². The van der Waals surface area contributed by atoms with Crippen molar-refractivity contribution >= 4 is 0 Å². The van der Waals surface area contributed by atoms with Crippen molar-refractivity contribution in [1.29, 1.82) is 0 Å². The molecule has 1 saturated carbocycles. The molecule has 0 heterocycles. The van der Waals surface area contributed by atoms with Crippen LogP contribution in [-0.4, -0.2) is 24.4 Å². The zero-order valence-corrected chi connectivity index (χ0v) is 10.8. The number of benzene rings is 1. The molecule has 2 rings (SSSR count). The van der Waals surface area contributed by atoms with Crippen molar-refractivity contribution < 1.29 is 14.2 Å². The number of phenolic OH excluding ortho intramolecular Hbond substituents is 1. The molecule has 18 heavy (non-hydrogen) atoms. The molecule has 4 heteroatoms. The van der Waals surface area contributed by atoms with Crippen molar-refractivity contribution in [3.05, 3.63) is 29.6 Å². The smallest absolute Gasteiger partial charge is 0.123 e. The molecular formula is C14H20FNO2. The second-order valence-corrected chi connectivity index (χ2v) is 4.96. The summed E-state index contributed by atoms with van der Waals surface area (Å²) in [4.78, 5) is 0. The zero-order chi connectivity index (χ0) is 13.1. The van der Waals surface area contributed by atoms with Gasteiger partial charge in [0.15, 0.2) is 0 Å². The summed E-state index contributed by atoms with van der Waals surface area (Å²) < 4.78 is 18.5. The van der Waals surface area contributed by atoms with E-state index in [1.807, 2.05) is 6.92 Å². The lowest BCUT2D eigenvalue weighted by Crippen LogP contribution is -2.30. The lowest BCUT2D eigenvalue weighted by atomic mass is 10.1. The number of methoxy groups -OCH3 is 1. The predicted octanol–water partition coefficient (Wildman–Crippen LogP) is 2.75. The number of hydrogen-bond donors (Lipinski definition) is 2. The Kier molecular flexibility index (Phi) is 4.19. The Morgan fingerprint density at radius 3 is 2.89 bits per heavy atom. The van der Waals surface area contributed by atoms with Crippen molar-refractivity contribution in [3.63, 3.8) is 0 Å². The van der Waals surface area contributed by atoms with E-state index >= 15 is 0 Å². The van der Waals surface area contributed by atoms with E-state index in [4.69, 9.17) is 4.74 Å². The van der Waals surface area contributed by atoms with E-state index in [-0.39, 0.29) is 17.6 Å². The van der Waals surface area contributed by atoms with Gasteiger partial charge in [-0.05, 0) is 44.4 Å². The lowest BCUT2D eigenvalue weighted by molar-refractivity contribution is 0.106. The molecule has 1 aliphatic rings. The molecule has 2 N–H and O–H groups in total. The molecule has 100 valence electrons. The number of aromatic hydroxyl groups is 1. The fourth-order valence-electron chi connectivity index (χ4n) is 2.62. The summed E-state index contributed by atoms with van der Waals surface area (Å²) in [5.41, 5.74) is 0.607. The average Bonchev–Trinajstić information content (AvgIpc) is 2.80. The van der Waals surface area contributed by atoms with Crippen LogP contribution in [0.25, 0.3) is 0 Å². The first-order valence-corrected chi connectivity index (χ1v) is 6.37. The van der Waals surface area contributed by atoms with Crippen molar-refractivity contribution in [1.82, 2.24) is 5.32 Å². The van der Waals surface area contributed by atoms with Crippen molar-refractivity contribution in [2.45, 2.75) is 44.4 Å². The first kappa shape index (κ1) is 13.3. The van der Waals surface area contributed by atoms with Gasteiger partial charge < -0.3 is 15.2 Å². The van der Waals surface area contributed by atoms with E-state index in [1.54, 1.807) is 7.11 Å². The first-order valence-electron chi connectivity index (χ1n) is 6.37. The zero-order valence-electron chi connectivity index (χ0n) is 10.8. The maximum atomic E-state index is 13.2. The van der Waals surface area contributed by atoms with Gasteiger partial charge in [0.25, 0.3) is 0 Å². The Bertz CT molecular complexity index is 411. The number of rotatable bonds is 4. The summed E-state index contributed by atoms with van der Waals surface area (Å²) in [6.07, 6.45) is 3.39. The Balaban J connectivity index is 1.99. The molecule has 0 spiro atoms. The van der Waals surface area contributed by atoms with Crippen LogP contribution in [0.1, 0.15) is 37.8 Å². The molecule has 1 aromatic rings. The van der Waals surface area contributed by atoms with Gasteiger partial charge in [0, 0.05) is 24.8 Å². The highest BCUT2D eigenvalue weighted by Crippen LogP contribution is 2.28. The first-order chi connectivity index (χ1) is 8.60. The van der Waals surface area contributed by atoms with Gasteiger partial charge >= 0.3 is 0 Å². The number of phenols is 1. The van der Waals surface area contributed by atoms with Gasteiger partial charge in [-0.15, -0.1) is 0 Å². The molecule has 0 saturated heterocycles. The summed E-state index contributed by atoms with van der Waals surface area (Å²) in [5, 5.41) is 13.2. The largest absolute Gasteiger partial charge is 0.508 e. The molecule has 3 unspecified atom stereocenters. The van der Waals surface area contributed by atoms with Gasteiger partial charge in [-0.2, -0.15) is 0 Å². The molecular weight excluding hydrogens is 233 g/mol. The quantitative estimate of drug-likeness (QED) is 0.867. The van der Waals surface area contributed by atoms with Crippen LogP contribution in [0.5, 0.6) is 5.75 Å². The highest BCUT2D eigenvalue weighted by Gasteiger charge is 2.26. The standard InChI is InChI=1S/C14H20FNO2/c1-9(13-7-10(15)3-6-14(13)17)16-11-4-5-12(8-11)18-2/h3,6-7,9,11-12,16-17H,4-5,8H2,1-2H3. The molecule has 0 aliphatic heterocycles. The molecule has 1 aromatic carbocycles. The third-order valence-electron chi connectivity index (χ3n) is 3.66. The van der Waals surface area contributed by atoms with Gasteiger partial charge in [-0.3, -0.25) is 0 Å². The van der Waals surface area contributed by atoms with Crippen LogP contribution in [-0.2, 0) is 4.74 Å². The van der Waals surface area contributed by atoms with Crippen LogP contribution < -0.4 is 5.32 Å². The van der Waals surface area contributed by atoms with Crippen LogP contribution in [0.3, 0.4) is 0 Å². The van der Waals surface area contributed by atoms with E-state index < -0.39 is 0 Å². The third-order valence-corrected chi connectivity index (χ3v) is 3.66. The fourth-order valence-corrected chi connectivity index (χ4v) is 2.62. The van der Waals surface area contributed by atoms with E-state index in [9.17, 15) is 9.50 Å². The monoisotopic (exact) mass is 253 g/mol.